The van der Waals surface area contributed by atoms with Gasteiger partial charge in [0.15, 0.2) is 5.11 Å². The van der Waals surface area contributed by atoms with E-state index >= 15 is 0 Å². The van der Waals surface area contributed by atoms with Crippen molar-refractivity contribution in [3.63, 3.8) is 0 Å². The summed E-state index contributed by atoms with van der Waals surface area (Å²) in [5, 5.41) is 6.89. The van der Waals surface area contributed by atoms with Crippen molar-refractivity contribution in [2.75, 3.05) is 10.6 Å². The van der Waals surface area contributed by atoms with E-state index in [2.05, 4.69) is 31.6 Å². The molecule has 0 saturated carbocycles. The van der Waals surface area contributed by atoms with Gasteiger partial charge in [0.05, 0.1) is 11.4 Å². The molecule has 0 saturated heterocycles. The lowest BCUT2D eigenvalue weighted by atomic mass is 10.2. The Kier molecular flexibility index (Phi) is 5.93. The van der Waals surface area contributed by atoms with Crippen LogP contribution in [0.15, 0.2) is 88.3 Å². The molecule has 3 rings (SSSR count). The smallest absolute Gasteiger partial charge is 0.175 e. The molecule has 0 heterocycles. The van der Waals surface area contributed by atoms with E-state index in [0.29, 0.717) is 5.11 Å². The van der Waals surface area contributed by atoms with Gasteiger partial charge in [0, 0.05) is 16.4 Å². The summed E-state index contributed by atoms with van der Waals surface area (Å²) in [5.74, 6) is 0. The Balaban J connectivity index is 1.72. The molecule has 0 amide bonds. The number of benzene rings is 3. The summed E-state index contributed by atoms with van der Waals surface area (Å²) >= 11 is 8.82. The second kappa shape index (κ2) is 8.55. The summed E-state index contributed by atoms with van der Waals surface area (Å²) in [5.41, 5.74) is 3.64. The Labute approximate surface area is 160 Å². The topological polar surface area (TPSA) is 36.4 Å². The molecule has 0 bridgehead atoms. The predicted molar refractivity (Wildman–Crippen MR) is 114 cm³/mol. The Morgan fingerprint density at radius 1 is 0.840 bits per heavy atom. The zero-order chi connectivity index (χ0) is 17.5. The molecular weight excluding hydrogens is 394 g/mol. The predicted octanol–water partition coefficient (Wildman–Crippen LogP) is 6.01. The van der Waals surface area contributed by atoms with Gasteiger partial charge in [0.1, 0.15) is 0 Å². The minimum atomic E-state index is 0.525. The highest BCUT2D eigenvalue weighted by Crippen LogP contribution is 2.24. The molecule has 2 N–H and O–H groups in total. The number of nitrogens with one attached hydrogen (secondary N) is 2. The molecule has 124 valence electrons. The van der Waals surface area contributed by atoms with Crippen molar-refractivity contribution in [3.05, 3.63) is 88.9 Å². The lowest BCUT2D eigenvalue weighted by Crippen LogP contribution is -2.19. The third kappa shape index (κ3) is 5.24. The summed E-state index contributed by atoms with van der Waals surface area (Å²) in [4.78, 5) is 4.58. The fourth-order valence-electron chi connectivity index (χ4n) is 2.19. The fraction of sp³-hybridized carbons (Fsp3) is 0. The van der Waals surface area contributed by atoms with Crippen LogP contribution in [0.2, 0.25) is 0 Å². The van der Waals surface area contributed by atoms with E-state index in [1.165, 1.54) is 0 Å². The van der Waals surface area contributed by atoms with E-state index in [1.807, 2.05) is 85.1 Å². The van der Waals surface area contributed by atoms with Gasteiger partial charge < -0.3 is 10.6 Å². The average Bonchev–Trinajstić information content (AvgIpc) is 2.63. The van der Waals surface area contributed by atoms with Crippen LogP contribution in [0.25, 0.3) is 0 Å². The van der Waals surface area contributed by atoms with Gasteiger partial charge in [0.25, 0.3) is 0 Å². The van der Waals surface area contributed by atoms with Gasteiger partial charge >= 0.3 is 0 Å². The molecule has 3 aromatic carbocycles. The van der Waals surface area contributed by atoms with E-state index in [0.717, 1.165) is 27.1 Å². The van der Waals surface area contributed by atoms with Crippen LogP contribution in [0.4, 0.5) is 17.1 Å². The molecule has 0 atom stereocenters. The zero-order valence-corrected chi connectivity index (χ0v) is 15.7. The maximum absolute atomic E-state index is 5.39. The fourth-order valence-corrected chi connectivity index (χ4v) is 2.68. The molecule has 0 radical (unpaired) electrons. The highest BCUT2D eigenvalue weighted by Gasteiger charge is 2.03. The van der Waals surface area contributed by atoms with Crippen molar-refractivity contribution in [1.82, 2.24) is 0 Å². The summed E-state index contributed by atoms with van der Waals surface area (Å²) in [6.45, 7) is 0. The Morgan fingerprint density at radius 2 is 1.52 bits per heavy atom. The quantitative estimate of drug-likeness (QED) is 0.409. The minimum Gasteiger partial charge on any atom is -0.332 e. The summed E-state index contributed by atoms with van der Waals surface area (Å²) < 4.78 is 1.05. The average molecular weight is 410 g/mol. The maximum Gasteiger partial charge on any atom is 0.175 e. The van der Waals surface area contributed by atoms with Gasteiger partial charge in [-0.15, -0.1) is 0 Å². The molecule has 5 heteroatoms. The summed E-state index contributed by atoms with van der Waals surface area (Å²) in [7, 11) is 0. The van der Waals surface area contributed by atoms with E-state index in [1.54, 1.807) is 0 Å². The van der Waals surface area contributed by atoms with Crippen molar-refractivity contribution < 1.29 is 0 Å². The first-order valence-corrected chi connectivity index (χ1v) is 8.92. The van der Waals surface area contributed by atoms with E-state index < -0.39 is 0 Å². The number of hydrogen-bond donors (Lipinski definition) is 2. The van der Waals surface area contributed by atoms with Gasteiger partial charge in [0.2, 0.25) is 0 Å². The molecule has 0 fully saturated rings. The molecule has 25 heavy (non-hydrogen) atoms. The normalized spacial score (nSPS) is 10.6. The van der Waals surface area contributed by atoms with E-state index in [9.17, 15) is 0 Å². The van der Waals surface area contributed by atoms with Gasteiger partial charge in [-0.05, 0) is 54.2 Å². The third-order valence-electron chi connectivity index (χ3n) is 3.41. The van der Waals surface area contributed by atoms with Crippen molar-refractivity contribution in [2.24, 2.45) is 4.99 Å². The molecule has 0 aliphatic carbocycles. The van der Waals surface area contributed by atoms with Crippen LogP contribution in [-0.2, 0) is 0 Å². The van der Waals surface area contributed by atoms with Crippen LogP contribution in [0.5, 0.6) is 0 Å². The van der Waals surface area contributed by atoms with Crippen molar-refractivity contribution in [2.45, 2.75) is 0 Å². The second-order valence-corrected chi connectivity index (χ2v) is 6.60. The third-order valence-corrected chi connectivity index (χ3v) is 4.14. The first kappa shape index (κ1) is 17.3. The number of hydrogen-bond acceptors (Lipinski definition) is 2. The first-order valence-electron chi connectivity index (χ1n) is 7.72. The molecule has 0 unspecified atom stereocenters. The highest BCUT2D eigenvalue weighted by molar-refractivity contribution is 9.10. The number of halogens is 1. The van der Waals surface area contributed by atoms with Crippen molar-refractivity contribution >= 4 is 56.5 Å². The minimum absolute atomic E-state index is 0.525. The Morgan fingerprint density at radius 3 is 2.28 bits per heavy atom. The van der Waals surface area contributed by atoms with E-state index in [-0.39, 0.29) is 0 Å². The molecule has 0 aromatic heterocycles. The van der Waals surface area contributed by atoms with E-state index in [4.69, 9.17) is 12.2 Å². The lowest BCUT2D eigenvalue weighted by molar-refractivity contribution is 1.50. The molecular formula is C20H16BrN3S. The number of aliphatic imine (C=N–C) groups is 1. The molecule has 3 aromatic rings. The van der Waals surface area contributed by atoms with Gasteiger partial charge in [-0.2, -0.15) is 0 Å². The molecule has 0 aliphatic rings. The maximum atomic E-state index is 5.39. The largest absolute Gasteiger partial charge is 0.332 e. The number of rotatable bonds is 4. The van der Waals surface area contributed by atoms with Crippen molar-refractivity contribution in [1.29, 1.82) is 0 Å². The second-order valence-electron chi connectivity index (χ2n) is 5.27. The van der Waals surface area contributed by atoms with Gasteiger partial charge in [-0.25, -0.2) is 0 Å². The first-order chi connectivity index (χ1) is 12.2. The molecule has 3 nitrogen and oxygen atoms in total. The van der Waals surface area contributed by atoms with Crippen LogP contribution in [0.3, 0.4) is 0 Å². The number of nitrogens with zero attached hydrogens (tertiary/aromatic N) is 1. The number of para-hydroxylation sites is 3. The van der Waals surface area contributed by atoms with Gasteiger partial charge in [-0.1, -0.05) is 58.4 Å². The van der Waals surface area contributed by atoms with Crippen LogP contribution in [-0.4, -0.2) is 11.3 Å². The highest BCUT2D eigenvalue weighted by atomic mass is 79.9. The van der Waals surface area contributed by atoms with Gasteiger partial charge in [-0.3, -0.25) is 4.99 Å². The lowest BCUT2D eigenvalue weighted by Gasteiger charge is -2.12. The number of anilines is 2. The SMILES string of the molecule is S=C(Nc1ccccc1)Nc1ccccc1N=Cc1ccc(Br)cc1. The van der Waals surface area contributed by atoms with Crippen LogP contribution < -0.4 is 10.6 Å². The van der Waals surface area contributed by atoms with Crippen LogP contribution in [0.1, 0.15) is 5.56 Å². The monoisotopic (exact) mass is 409 g/mol. The van der Waals surface area contributed by atoms with Crippen LogP contribution in [0, 0.1) is 0 Å². The summed E-state index contributed by atoms with van der Waals surface area (Å²) in [6.07, 6.45) is 1.83. The zero-order valence-electron chi connectivity index (χ0n) is 13.3. The molecule has 0 spiro atoms. The van der Waals surface area contributed by atoms with Crippen LogP contribution >= 0.6 is 28.1 Å². The van der Waals surface area contributed by atoms with Crippen molar-refractivity contribution in [3.8, 4) is 0 Å². The summed E-state index contributed by atoms with van der Waals surface area (Å²) in [6, 6.07) is 25.6. The standard InChI is InChI=1S/C20H16BrN3S/c21-16-12-10-15(11-13-16)14-22-18-8-4-5-9-19(18)24-20(25)23-17-6-2-1-3-7-17/h1-14H,(H2,23,24,25). The molecule has 0 aliphatic heterocycles. The Bertz CT molecular complexity index is 877. The Hall–Kier alpha value is -2.50. The number of thiocarbonyl (C=S) groups is 1.